The van der Waals surface area contributed by atoms with Crippen LogP contribution in [0, 0.1) is 18.6 Å². The van der Waals surface area contributed by atoms with Crippen LogP contribution in [0.3, 0.4) is 0 Å². The van der Waals surface area contributed by atoms with E-state index in [4.69, 9.17) is 11.7 Å². The topological polar surface area (TPSA) is 31.4 Å². The first-order valence-corrected chi connectivity index (χ1v) is 8.28. The third-order valence-electron chi connectivity index (χ3n) is 3.38. The van der Waals surface area contributed by atoms with Gasteiger partial charge in [-0.25, -0.2) is 13.8 Å². The summed E-state index contributed by atoms with van der Waals surface area (Å²) in [6.45, 7) is 5.18. The Morgan fingerprint density at radius 2 is 1.74 bits per heavy atom. The van der Waals surface area contributed by atoms with E-state index in [-0.39, 0.29) is 18.1 Å². The molecule has 0 bridgehead atoms. The summed E-state index contributed by atoms with van der Waals surface area (Å²) in [5, 5.41) is 2.16. The molecule has 9 heteroatoms. The van der Waals surface area contributed by atoms with Crippen molar-refractivity contribution in [2.24, 2.45) is 0 Å². The van der Waals surface area contributed by atoms with Crippen molar-refractivity contribution < 1.29 is 31.4 Å². The van der Waals surface area contributed by atoms with E-state index in [1.54, 1.807) is 5.38 Å². The molecule has 2 radical (unpaired) electrons. The maximum Gasteiger partial charge on any atom is 0.573 e. The lowest BCUT2D eigenvalue weighted by Crippen LogP contribution is -2.16. The highest BCUT2D eigenvalue weighted by atomic mass is 32.1. The first-order chi connectivity index (χ1) is 12.7. The number of hydrogen-bond donors (Lipinski definition) is 0. The van der Waals surface area contributed by atoms with Gasteiger partial charge in [0.1, 0.15) is 23.2 Å². The third-order valence-corrected chi connectivity index (χ3v) is 4.20. The zero-order chi connectivity index (χ0) is 19.6. The van der Waals surface area contributed by atoms with E-state index in [2.05, 4.69) is 9.72 Å². The van der Waals surface area contributed by atoms with Gasteiger partial charge in [-0.05, 0) is 36.4 Å². The van der Waals surface area contributed by atoms with Gasteiger partial charge in [-0.2, -0.15) is 0 Å². The first-order valence-electron chi connectivity index (χ1n) is 7.40. The molecule has 0 N–H and O–H groups in total. The van der Waals surface area contributed by atoms with Gasteiger partial charge in [0.2, 0.25) is 0 Å². The Kier molecular flexibility index (Phi) is 5.31. The van der Waals surface area contributed by atoms with E-state index in [1.807, 2.05) is 0 Å². The van der Waals surface area contributed by atoms with Crippen LogP contribution in [0.25, 0.3) is 11.3 Å². The standard InChI is InChI=1S/C18H10F5NO2S/c1-10-13(19)6-7-15(17(10)20)25-8-16-24-14(9-27-16)11-2-4-12(5-3-11)26-18(21,22)23/h1-7,9H,8H2. The molecule has 1 aromatic heterocycles. The molecule has 3 rings (SSSR count). The second-order valence-corrected chi connectivity index (χ2v) is 6.20. The molecule has 27 heavy (non-hydrogen) atoms. The summed E-state index contributed by atoms with van der Waals surface area (Å²) in [6, 6.07) is 7.33. The molecule has 0 aliphatic carbocycles. The molecule has 0 fully saturated rings. The quantitative estimate of drug-likeness (QED) is 0.522. The van der Waals surface area contributed by atoms with Crippen LogP contribution < -0.4 is 9.47 Å². The second kappa shape index (κ2) is 7.51. The summed E-state index contributed by atoms with van der Waals surface area (Å²) >= 11 is 1.22. The molecule has 0 aliphatic heterocycles. The smallest absolute Gasteiger partial charge is 0.483 e. The molecule has 2 aromatic carbocycles. The molecule has 1 heterocycles. The summed E-state index contributed by atoms with van der Waals surface area (Å²) in [5.41, 5.74) is 0.453. The van der Waals surface area contributed by atoms with Gasteiger partial charge < -0.3 is 9.47 Å². The molecule has 0 saturated carbocycles. The van der Waals surface area contributed by atoms with Crippen LogP contribution in [-0.2, 0) is 6.61 Å². The Morgan fingerprint density at radius 3 is 2.41 bits per heavy atom. The molecule has 0 spiro atoms. The minimum atomic E-state index is -4.76. The predicted octanol–water partition coefficient (Wildman–Crippen LogP) is 5.63. The van der Waals surface area contributed by atoms with Crippen molar-refractivity contribution in [1.82, 2.24) is 4.98 Å². The van der Waals surface area contributed by atoms with Crippen LogP contribution >= 0.6 is 11.3 Å². The Labute approximate surface area is 155 Å². The highest BCUT2D eigenvalue weighted by Crippen LogP contribution is 2.28. The molecular weight excluding hydrogens is 389 g/mol. The summed E-state index contributed by atoms with van der Waals surface area (Å²) in [4.78, 5) is 4.27. The Bertz CT molecular complexity index is 938. The number of alkyl halides is 3. The van der Waals surface area contributed by atoms with Crippen molar-refractivity contribution in [3.05, 3.63) is 70.9 Å². The summed E-state index contributed by atoms with van der Waals surface area (Å²) in [5.74, 6) is -2.42. The van der Waals surface area contributed by atoms with E-state index in [0.717, 1.165) is 12.1 Å². The second-order valence-electron chi connectivity index (χ2n) is 5.26. The van der Waals surface area contributed by atoms with Crippen molar-refractivity contribution in [2.75, 3.05) is 0 Å². The predicted molar refractivity (Wildman–Crippen MR) is 88.3 cm³/mol. The minimum absolute atomic E-state index is 0.0814. The number of benzene rings is 2. The number of thiazole rings is 1. The average Bonchev–Trinajstić information content (AvgIpc) is 3.07. The zero-order valence-electron chi connectivity index (χ0n) is 13.4. The number of aromatic nitrogens is 1. The van der Waals surface area contributed by atoms with Gasteiger partial charge in [-0.1, -0.05) is 0 Å². The Hall–Kier alpha value is -2.68. The average molecular weight is 399 g/mol. The number of rotatable bonds is 5. The molecular formula is C18H10F5NO2S. The van der Waals surface area contributed by atoms with Crippen LogP contribution in [-0.4, -0.2) is 11.3 Å². The van der Waals surface area contributed by atoms with Crippen molar-refractivity contribution in [2.45, 2.75) is 13.0 Å². The van der Waals surface area contributed by atoms with E-state index in [1.165, 1.54) is 35.6 Å². The fourth-order valence-electron chi connectivity index (χ4n) is 2.14. The van der Waals surface area contributed by atoms with Crippen molar-refractivity contribution in [1.29, 1.82) is 0 Å². The summed E-state index contributed by atoms with van der Waals surface area (Å²) < 4.78 is 72.5. The maximum atomic E-state index is 13.8. The van der Waals surface area contributed by atoms with Crippen LogP contribution in [0.1, 0.15) is 10.6 Å². The molecule has 140 valence electrons. The number of hydrogen-bond acceptors (Lipinski definition) is 4. The van der Waals surface area contributed by atoms with Crippen LogP contribution in [0.15, 0.2) is 41.8 Å². The van der Waals surface area contributed by atoms with Crippen molar-refractivity contribution in [3.8, 4) is 22.8 Å². The lowest BCUT2D eigenvalue weighted by atomic mass is 10.2. The molecule has 3 aromatic rings. The molecule has 3 nitrogen and oxygen atoms in total. The normalized spacial score (nSPS) is 11.5. The fraction of sp³-hybridized carbons (Fsp3) is 0.111. The summed E-state index contributed by atoms with van der Waals surface area (Å²) in [6.07, 6.45) is -4.76. The van der Waals surface area contributed by atoms with Gasteiger partial charge in [0.15, 0.2) is 11.6 Å². The van der Waals surface area contributed by atoms with Crippen molar-refractivity contribution in [3.63, 3.8) is 0 Å². The Balaban J connectivity index is 1.67. The zero-order valence-corrected chi connectivity index (χ0v) is 14.2. The first kappa shape index (κ1) is 19.1. The third kappa shape index (κ3) is 4.73. The molecule has 0 amide bonds. The molecule has 0 aliphatic rings. The minimum Gasteiger partial charge on any atom is -0.483 e. The van der Waals surface area contributed by atoms with Crippen LogP contribution in [0.5, 0.6) is 11.5 Å². The number of ether oxygens (including phenoxy) is 2. The van der Waals surface area contributed by atoms with Gasteiger partial charge in [0.05, 0.1) is 5.69 Å². The monoisotopic (exact) mass is 399 g/mol. The largest absolute Gasteiger partial charge is 0.573 e. The number of nitrogens with zero attached hydrogens (tertiary/aromatic N) is 1. The highest BCUT2D eigenvalue weighted by molar-refractivity contribution is 7.09. The lowest BCUT2D eigenvalue weighted by molar-refractivity contribution is -0.274. The Morgan fingerprint density at radius 1 is 1.04 bits per heavy atom. The van der Waals surface area contributed by atoms with Gasteiger partial charge in [-0.15, -0.1) is 24.5 Å². The van der Waals surface area contributed by atoms with Gasteiger partial charge >= 0.3 is 6.36 Å². The molecule has 0 atom stereocenters. The van der Waals surface area contributed by atoms with E-state index >= 15 is 0 Å². The summed E-state index contributed by atoms with van der Waals surface area (Å²) in [7, 11) is 0. The highest BCUT2D eigenvalue weighted by Gasteiger charge is 2.31. The van der Waals surface area contributed by atoms with E-state index in [0.29, 0.717) is 16.3 Å². The van der Waals surface area contributed by atoms with Crippen LogP contribution in [0.2, 0.25) is 0 Å². The van der Waals surface area contributed by atoms with Gasteiger partial charge in [0, 0.05) is 23.4 Å². The van der Waals surface area contributed by atoms with Gasteiger partial charge in [-0.3, -0.25) is 0 Å². The van der Waals surface area contributed by atoms with Crippen LogP contribution in [0.4, 0.5) is 22.0 Å². The number of halogens is 5. The van der Waals surface area contributed by atoms with Crippen molar-refractivity contribution >= 4 is 11.3 Å². The van der Waals surface area contributed by atoms with E-state index in [9.17, 15) is 22.0 Å². The maximum absolute atomic E-state index is 13.8. The fourth-order valence-corrected chi connectivity index (χ4v) is 2.85. The van der Waals surface area contributed by atoms with Gasteiger partial charge in [0.25, 0.3) is 0 Å². The lowest BCUT2D eigenvalue weighted by Gasteiger charge is -2.08. The molecule has 0 unspecified atom stereocenters. The molecule has 0 saturated heterocycles. The SMILES string of the molecule is [CH]c1c(F)ccc(OCc2nc(-c3ccc(OC(F)(F)F)cc3)cs2)c1F. The van der Waals surface area contributed by atoms with E-state index < -0.39 is 23.6 Å².